The van der Waals surface area contributed by atoms with Gasteiger partial charge in [-0.1, -0.05) is 12.1 Å². The molecule has 0 spiro atoms. The summed E-state index contributed by atoms with van der Waals surface area (Å²) in [5, 5.41) is 15.8. The van der Waals surface area contributed by atoms with Gasteiger partial charge in [0.25, 0.3) is 5.91 Å². The van der Waals surface area contributed by atoms with E-state index in [0.717, 1.165) is 23.0 Å². The molecule has 0 bridgehead atoms. The molecule has 0 saturated heterocycles. The molecule has 1 heterocycles. The molecule has 9 heteroatoms. The number of carbonyl (C=O) groups excluding carboxylic acids is 1. The van der Waals surface area contributed by atoms with Crippen molar-refractivity contribution in [2.75, 3.05) is 6.54 Å². The second-order valence-electron chi connectivity index (χ2n) is 5.53. The van der Waals surface area contributed by atoms with Gasteiger partial charge in [0.2, 0.25) is 0 Å². The van der Waals surface area contributed by atoms with E-state index in [-0.39, 0.29) is 6.54 Å². The van der Waals surface area contributed by atoms with Crippen LogP contribution in [0.1, 0.15) is 28.5 Å². The van der Waals surface area contributed by atoms with Gasteiger partial charge in [0, 0.05) is 13.2 Å². The highest BCUT2D eigenvalue weighted by Gasteiger charge is 2.39. The van der Waals surface area contributed by atoms with Crippen LogP contribution in [0.5, 0.6) is 0 Å². The van der Waals surface area contributed by atoms with Crippen LogP contribution in [0, 0.1) is 5.82 Å². The Morgan fingerprint density at radius 1 is 1.29 bits per heavy atom. The number of hydrogen-bond donors (Lipinski definition) is 2. The van der Waals surface area contributed by atoms with Crippen molar-refractivity contribution < 1.29 is 27.5 Å². The Bertz CT molecular complexity index is 736. The Hall–Kier alpha value is -2.42. The fourth-order valence-electron chi connectivity index (χ4n) is 2.12. The molecule has 0 saturated carbocycles. The normalized spacial score (nSPS) is 14.3. The van der Waals surface area contributed by atoms with E-state index in [0.29, 0.717) is 5.56 Å². The van der Waals surface area contributed by atoms with E-state index in [4.69, 9.17) is 0 Å². The van der Waals surface area contributed by atoms with Crippen molar-refractivity contribution in [2.45, 2.75) is 18.7 Å². The molecule has 1 atom stereocenters. The summed E-state index contributed by atoms with van der Waals surface area (Å²) in [6, 6.07) is 4.92. The van der Waals surface area contributed by atoms with Gasteiger partial charge in [0.15, 0.2) is 5.69 Å². The topological polar surface area (TPSA) is 67.2 Å². The third kappa shape index (κ3) is 3.91. The van der Waals surface area contributed by atoms with Crippen molar-refractivity contribution in [3.8, 4) is 0 Å². The molecule has 0 aliphatic rings. The monoisotopic (exact) mass is 345 g/mol. The summed E-state index contributed by atoms with van der Waals surface area (Å²) >= 11 is 0. The van der Waals surface area contributed by atoms with Crippen molar-refractivity contribution in [1.82, 2.24) is 15.1 Å². The molecule has 5 nitrogen and oxygen atoms in total. The Kier molecular flexibility index (Phi) is 4.66. The molecule has 1 aromatic heterocycles. The number of amides is 1. The zero-order valence-electron chi connectivity index (χ0n) is 12.9. The van der Waals surface area contributed by atoms with Crippen molar-refractivity contribution >= 4 is 5.91 Å². The molecule has 1 aromatic carbocycles. The number of aryl methyl sites for hydroxylation is 1. The zero-order chi connectivity index (χ0) is 18.1. The summed E-state index contributed by atoms with van der Waals surface area (Å²) in [4.78, 5) is 12.0. The molecule has 0 aliphatic heterocycles. The lowest BCUT2D eigenvalue weighted by Gasteiger charge is -2.24. The highest BCUT2D eigenvalue weighted by atomic mass is 19.4. The highest BCUT2D eigenvalue weighted by Crippen LogP contribution is 2.30. The van der Waals surface area contributed by atoms with Crippen LogP contribution in [0.2, 0.25) is 0 Å². The fourth-order valence-corrected chi connectivity index (χ4v) is 2.12. The minimum Gasteiger partial charge on any atom is -0.384 e. The Morgan fingerprint density at radius 3 is 2.42 bits per heavy atom. The first-order valence-electron chi connectivity index (χ1n) is 6.88. The van der Waals surface area contributed by atoms with E-state index >= 15 is 0 Å². The van der Waals surface area contributed by atoms with Crippen molar-refractivity contribution in [2.24, 2.45) is 7.05 Å². The number of aromatic nitrogens is 2. The average molecular weight is 345 g/mol. The van der Waals surface area contributed by atoms with Crippen molar-refractivity contribution in [3.63, 3.8) is 0 Å². The third-order valence-electron chi connectivity index (χ3n) is 3.40. The summed E-state index contributed by atoms with van der Waals surface area (Å²) in [5.41, 5.74) is -3.21. The van der Waals surface area contributed by atoms with Crippen LogP contribution in [0.4, 0.5) is 17.6 Å². The number of hydrogen-bond acceptors (Lipinski definition) is 3. The second-order valence-corrected chi connectivity index (χ2v) is 5.53. The molecule has 0 fully saturated rings. The average Bonchev–Trinajstić information content (AvgIpc) is 2.87. The summed E-state index contributed by atoms with van der Waals surface area (Å²) in [6.07, 6.45) is -3.82. The van der Waals surface area contributed by atoms with Crippen molar-refractivity contribution in [1.29, 1.82) is 0 Å². The van der Waals surface area contributed by atoms with Crippen LogP contribution in [0.25, 0.3) is 0 Å². The van der Waals surface area contributed by atoms with E-state index < -0.39 is 34.8 Å². The van der Waals surface area contributed by atoms with Gasteiger partial charge in [-0.15, -0.1) is 0 Å². The smallest absolute Gasteiger partial charge is 0.384 e. The number of nitrogens with one attached hydrogen (secondary N) is 1. The van der Waals surface area contributed by atoms with Gasteiger partial charge in [0.05, 0.1) is 12.1 Å². The molecular weight excluding hydrogens is 330 g/mol. The summed E-state index contributed by atoms with van der Waals surface area (Å²) in [6.45, 7) is 0.998. The van der Waals surface area contributed by atoms with E-state index in [1.807, 2.05) is 0 Å². The maximum atomic E-state index is 12.9. The molecule has 130 valence electrons. The summed E-state index contributed by atoms with van der Waals surface area (Å²) in [7, 11) is 1.26. The molecule has 2 N–H and O–H groups in total. The van der Waals surface area contributed by atoms with E-state index in [1.54, 1.807) is 0 Å². The number of carbonyl (C=O) groups is 1. The molecule has 1 amide bonds. The van der Waals surface area contributed by atoms with Gasteiger partial charge >= 0.3 is 6.18 Å². The lowest BCUT2D eigenvalue weighted by molar-refractivity contribution is -0.141. The first kappa shape index (κ1) is 17.9. The summed E-state index contributed by atoms with van der Waals surface area (Å²) in [5.74, 6) is -1.51. The Morgan fingerprint density at radius 2 is 1.88 bits per heavy atom. The first-order valence-corrected chi connectivity index (χ1v) is 6.88. The number of benzene rings is 1. The molecule has 0 radical (unpaired) electrons. The zero-order valence-corrected chi connectivity index (χ0v) is 12.9. The largest absolute Gasteiger partial charge is 0.435 e. The summed E-state index contributed by atoms with van der Waals surface area (Å²) < 4.78 is 52.4. The predicted molar refractivity (Wildman–Crippen MR) is 76.5 cm³/mol. The lowest BCUT2D eigenvalue weighted by atomic mass is 9.96. The number of nitrogens with zero attached hydrogens (tertiary/aromatic N) is 2. The standard InChI is InChI=1S/C15H15F4N3O2/c1-14(24,9-3-5-10(16)6-4-9)8-20-13(23)11-7-22(2)21-12(11)15(17,18)19/h3-7,24H,8H2,1-2H3,(H,20,23). The van der Waals surface area contributed by atoms with Gasteiger partial charge in [-0.3, -0.25) is 9.48 Å². The van der Waals surface area contributed by atoms with Gasteiger partial charge in [-0.2, -0.15) is 18.3 Å². The number of aliphatic hydroxyl groups is 1. The van der Waals surface area contributed by atoms with Crippen LogP contribution >= 0.6 is 0 Å². The fraction of sp³-hybridized carbons (Fsp3) is 0.333. The number of halogens is 4. The number of rotatable bonds is 4. The van der Waals surface area contributed by atoms with Crippen molar-refractivity contribution in [3.05, 3.63) is 53.1 Å². The lowest BCUT2D eigenvalue weighted by Crippen LogP contribution is -2.39. The maximum absolute atomic E-state index is 12.9. The van der Waals surface area contributed by atoms with E-state index in [2.05, 4.69) is 10.4 Å². The minimum absolute atomic E-state index is 0.312. The molecule has 24 heavy (non-hydrogen) atoms. The third-order valence-corrected chi connectivity index (χ3v) is 3.40. The molecular formula is C15H15F4N3O2. The predicted octanol–water partition coefficient (Wildman–Crippen LogP) is 2.22. The van der Waals surface area contributed by atoms with Gasteiger partial charge in [-0.25, -0.2) is 4.39 Å². The van der Waals surface area contributed by atoms with Crippen LogP contribution in [-0.4, -0.2) is 27.3 Å². The molecule has 0 aliphatic carbocycles. The molecule has 2 aromatic rings. The highest BCUT2D eigenvalue weighted by molar-refractivity contribution is 5.95. The van der Waals surface area contributed by atoms with Gasteiger partial charge in [-0.05, 0) is 24.6 Å². The van der Waals surface area contributed by atoms with Gasteiger partial charge in [0.1, 0.15) is 11.4 Å². The SMILES string of the molecule is Cn1cc(C(=O)NCC(C)(O)c2ccc(F)cc2)c(C(F)(F)F)n1. The number of alkyl halides is 3. The molecule has 1 unspecified atom stereocenters. The molecule has 2 rings (SSSR count). The van der Waals surface area contributed by atoms with Crippen LogP contribution in [0.15, 0.2) is 30.5 Å². The maximum Gasteiger partial charge on any atom is 0.435 e. The van der Waals surface area contributed by atoms with Crippen LogP contribution in [-0.2, 0) is 18.8 Å². The van der Waals surface area contributed by atoms with E-state index in [1.165, 1.54) is 26.1 Å². The minimum atomic E-state index is -4.77. The van der Waals surface area contributed by atoms with Crippen LogP contribution in [0.3, 0.4) is 0 Å². The van der Waals surface area contributed by atoms with Gasteiger partial charge < -0.3 is 10.4 Å². The Balaban J connectivity index is 2.15. The van der Waals surface area contributed by atoms with E-state index in [9.17, 15) is 27.5 Å². The quantitative estimate of drug-likeness (QED) is 0.835. The second kappa shape index (κ2) is 6.23. The Labute approximate surface area is 134 Å². The van der Waals surface area contributed by atoms with Crippen LogP contribution < -0.4 is 5.32 Å². The first-order chi connectivity index (χ1) is 11.0.